The van der Waals surface area contributed by atoms with Crippen molar-refractivity contribution in [2.75, 3.05) is 13.3 Å². The van der Waals surface area contributed by atoms with Crippen LogP contribution in [0.15, 0.2) is 15.0 Å². The molecular formula is C10H13N5O5. The lowest BCUT2D eigenvalue weighted by molar-refractivity contribution is -0.0688. The van der Waals surface area contributed by atoms with E-state index in [1.807, 2.05) is 0 Å². The van der Waals surface area contributed by atoms with E-state index in [0.29, 0.717) is 0 Å². The lowest BCUT2D eigenvalue weighted by Crippen LogP contribution is -2.49. The number of carbonyl (C=O) groups is 1. The summed E-state index contributed by atoms with van der Waals surface area (Å²) >= 11 is 0. The molecule has 0 radical (unpaired) electrons. The molecule has 5 N–H and O–H groups in total. The second-order valence-corrected chi connectivity index (χ2v) is 4.56. The summed E-state index contributed by atoms with van der Waals surface area (Å²) in [6.07, 6.45) is -4.38. The highest BCUT2D eigenvalue weighted by Crippen LogP contribution is 2.26. The van der Waals surface area contributed by atoms with Crippen LogP contribution in [-0.4, -0.2) is 81.4 Å². The van der Waals surface area contributed by atoms with Gasteiger partial charge in [0.1, 0.15) is 30.7 Å². The number of aliphatic hydroxyl groups excluding tert-OH is 3. The monoisotopic (exact) mass is 283 g/mol. The molecule has 3 aliphatic rings. The van der Waals surface area contributed by atoms with E-state index in [4.69, 9.17) is 15.6 Å². The third-order valence-corrected chi connectivity index (χ3v) is 3.35. The Balaban J connectivity index is 1.86. The van der Waals surface area contributed by atoms with Gasteiger partial charge in [0.15, 0.2) is 17.9 Å². The van der Waals surface area contributed by atoms with E-state index < -0.39 is 37.2 Å². The predicted molar refractivity (Wildman–Crippen MR) is 66.4 cm³/mol. The van der Waals surface area contributed by atoms with E-state index in [2.05, 4.69) is 15.0 Å². The molecule has 3 aliphatic heterocycles. The first kappa shape index (κ1) is 13.1. The van der Waals surface area contributed by atoms with Crippen LogP contribution in [0.2, 0.25) is 0 Å². The maximum absolute atomic E-state index is 11.3. The zero-order valence-electron chi connectivity index (χ0n) is 10.2. The Labute approximate surface area is 112 Å². The number of carbonyl (C=O) groups excluding carboxylic acids is 1. The molecule has 2 amide bonds. The summed E-state index contributed by atoms with van der Waals surface area (Å²) in [4.78, 5) is 24.0. The van der Waals surface area contributed by atoms with Crippen LogP contribution >= 0.6 is 0 Å². The van der Waals surface area contributed by atoms with Crippen molar-refractivity contribution in [2.24, 2.45) is 20.7 Å². The van der Waals surface area contributed by atoms with Gasteiger partial charge in [-0.25, -0.2) is 4.79 Å². The van der Waals surface area contributed by atoms with Gasteiger partial charge in [0, 0.05) is 0 Å². The number of aliphatic imine (C=N–C) groups is 3. The lowest BCUT2D eigenvalue weighted by Gasteiger charge is -2.27. The summed E-state index contributed by atoms with van der Waals surface area (Å²) in [7, 11) is 0. The van der Waals surface area contributed by atoms with Gasteiger partial charge in [0.2, 0.25) is 0 Å². The quantitative estimate of drug-likeness (QED) is 0.422. The van der Waals surface area contributed by atoms with Gasteiger partial charge < -0.3 is 30.7 Å². The average Bonchev–Trinajstić information content (AvgIpc) is 2.93. The summed E-state index contributed by atoms with van der Waals surface area (Å²) in [6, 6.07) is -0.768. The molecule has 0 saturated carbocycles. The number of amidine groups is 2. The number of ether oxygens (including phenoxy) is 1. The Morgan fingerprint density at radius 3 is 2.75 bits per heavy atom. The fourth-order valence-corrected chi connectivity index (χ4v) is 2.34. The van der Waals surface area contributed by atoms with Crippen LogP contribution in [0.5, 0.6) is 0 Å². The molecule has 0 bridgehead atoms. The Bertz CT molecular complexity index is 544. The van der Waals surface area contributed by atoms with Gasteiger partial charge in [-0.05, 0) is 0 Å². The first-order valence-corrected chi connectivity index (χ1v) is 5.94. The van der Waals surface area contributed by atoms with Crippen molar-refractivity contribution in [3.8, 4) is 0 Å². The molecule has 0 unspecified atom stereocenters. The van der Waals surface area contributed by atoms with Crippen molar-refractivity contribution in [3.63, 3.8) is 0 Å². The van der Waals surface area contributed by atoms with Crippen LogP contribution in [0.1, 0.15) is 0 Å². The van der Waals surface area contributed by atoms with E-state index in [9.17, 15) is 15.0 Å². The first-order chi connectivity index (χ1) is 9.52. The molecule has 3 heterocycles. The Morgan fingerprint density at radius 1 is 1.35 bits per heavy atom. The number of aliphatic hydroxyl groups is 3. The molecule has 0 spiro atoms. The average molecular weight is 283 g/mol. The van der Waals surface area contributed by atoms with E-state index in [1.54, 1.807) is 0 Å². The van der Waals surface area contributed by atoms with Gasteiger partial charge >= 0.3 is 6.03 Å². The van der Waals surface area contributed by atoms with E-state index in [1.165, 1.54) is 4.90 Å². The Hall–Kier alpha value is -1.88. The summed E-state index contributed by atoms with van der Waals surface area (Å²) in [5.41, 5.74) is 5.84. The first-order valence-electron chi connectivity index (χ1n) is 5.94. The minimum atomic E-state index is -1.26. The molecule has 0 aromatic heterocycles. The van der Waals surface area contributed by atoms with Crippen LogP contribution in [0.3, 0.4) is 0 Å². The van der Waals surface area contributed by atoms with Gasteiger partial charge in [0.25, 0.3) is 0 Å². The SMILES string of the molecule is NC1=NC(=O)N=C2C1=NCN2[C@@H]1O[C@H](CO)[C@@H](O)[C@H]1O. The normalized spacial score (nSPS) is 36.6. The highest BCUT2D eigenvalue weighted by Gasteiger charge is 2.48. The number of hydrogen-bond acceptors (Lipinski definition) is 8. The van der Waals surface area contributed by atoms with Gasteiger partial charge in [-0.3, -0.25) is 4.99 Å². The van der Waals surface area contributed by atoms with Crippen molar-refractivity contribution in [3.05, 3.63) is 0 Å². The largest absolute Gasteiger partial charge is 0.394 e. The summed E-state index contributed by atoms with van der Waals surface area (Å²) in [5, 5.41) is 28.8. The van der Waals surface area contributed by atoms with Crippen LogP contribution in [0, 0.1) is 0 Å². The number of hydrogen-bond donors (Lipinski definition) is 4. The number of amides is 2. The number of rotatable bonds is 2. The third kappa shape index (κ3) is 1.81. The zero-order chi connectivity index (χ0) is 14.4. The second-order valence-electron chi connectivity index (χ2n) is 4.56. The Kier molecular flexibility index (Phi) is 3.01. The Morgan fingerprint density at radius 2 is 2.10 bits per heavy atom. The van der Waals surface area contributed by atoms with Crippen molar-refractivity contribution >= 4 is 23.4 Å². The van der Waals surface area contributed by atoms with Crippen LogP contribution < -0.4 is 5.73 Å². The minimum absolute atomic E-state index is 0.0470. The van der Waals surface area contributed by atoms with Crippen LogP contribution in [-0.2, 0) is 4.74 Å². The standard InChI is InChI=1S/C10H13N5O5/c11-7-4-8(14-10(19)13-7)15(2-12-4)9-6(18)5(17)3(1-16)20-9/h3,5-6,9,16-18H,1-2H2,(H2,11,13,19)/t3-,5-,6-,9-/m1/s1. The summed E-state index contributed by atoms with van der Waals surface area (Å²) < 4.78 is 5.37. The highest BCUT2D eigenvalue weighted by atomic mass is 16.6. The smallest absolute Gasteiger partial charge is 0.371 e. The fraction of sp³-hybridized carbons (Fsp3) is 0.600. The van der Waals surface area contributed by atoms with E-state index in [-0.39, 0.29) is 24.1 Å². The van der Waals surface area contributed by atoms with Gasteiger partial charge in [-0.15, -0.1) is 0 Å². The molecular weight excluding hydrogens is 270 g/mol. The van der Waals surface area contributed by atoms with Gasteiger partial charge in [-0.2, -0.15) is 9.98 Å². The molecule has 108 valence electrons. The number of nitrogens with two attached hydrogens (primary N) is 1. The zero-order valence-corrected chi connectivity index (χ0v) is 10.2. The van der Waals surface area contributed by atoms with Crippen molar-refractivity contribution in [1.82, 2.24) is 4.90 Å². The second kappa shape index (κ2) is 4.59. The number of urea groups is 1. The summed E-state index contributed by atoms with van der Waals surface area (Å²) in [5.74, 6) is 0.103. The number of fused-ring (bicyclic) bond motifs is 1. The van der Waals surface area contributed by atoms with Crippen molar-refractivity contribution in [2.45, 2.75) is 24.5 Å². The maximum Gasteiger partial charge on any atom is 0.371 e. The van der Waals surface area contributed by atoms with Crippen LogP contribution in [0.4, 0.5) is 4.79 Å². The number of nitrogens with zero attached hydrogens (tertiary/aromatic N) is 4. The topological polar surface area (TPSA) is 153 Å². The molecule has 10 heteroatoms. The molecule has 0 aromatic carbocycles. The minimum Gasteiger partial charge on any atom is -0.394 e. The van der Waals surface area contributed by atoms with Gasteiger partial charge in [0.05, 0.1) is 6.61 Å². The van der Waals surface area contributed by atoms with Crippen molar-refractivity contribution < 1.29 is 24.9 Å². The molecule has 1 saturated heterocycles. The lowest BCUT2D eigenvalue weighted by atomic mass is 10.1. The van der Waals surface area contributed by atoms with E-state index >= 15 is 0 Å². The summed E-state index contributed by atoms with van der Waals surface area (Å²) in [6.45, 7) is -0.379. The van der Waals surface area contributed by atoms with Gasteiger partial charge in [-0.1, -0.05) is 0 Å². The van der Waals surface area contributed by atoms with Crippen molar-refractivity contribution in [1.29, 1.82) is 0 Å². The fourth-order valence-electron chi connectivity index (χ4n) is 2.34. The van der Waals surface area contributed by atoms with Crippen LogP contribution in [0.25, 0.3) is 0 Å². The molecule has 20 heavy (non-hydrogen) atoms. The maximum atomic E-state index is 11.3. The molecule has 4 atom stereocenters. The molecule has 10 nitrogen and oxygen atoms in total. The molecule has 3 rings (SSSR count). The third-order valence-electron chi connectivity index (χ3n) is 3.35. The molecule has 1 fully saturated rings. The highest BCUT2D eigenvalue weighted by molar-refractivity contribution is 6.70. The predicted octanol–water partition coefficient (Wildman–Crippen LogP) is -2.97. The molecule has 0 aliphatic carbocycles. The molecule has 0 aromatic rings. The van der Waals surface area contributed by atoms with E-state index in [0.717, 1.165) is 0 Å².